The minimum absolute atomic E-state index is 0.0912. The van der Waals surface area contributed by atoms with Crippen molar-refractivity contribution < 1.29 is 9.18 Å². The number of halogens is 2. The largest absolute Gasteiger partial charge is 0.332 e. The predicted molar refractivity (Wildman–Crippen MR) is 118 cm³/mol. The fourth-order valence-electron chi connectivity index (χ4n) is 3.75. The SMILES string of the molecule is N#CNC(=NCCc1ccccc1F)N1CC(N2CCCC2=O)C(c2ccc(Cl)s2)=N1. The van der Waals surface area contributed by atoms with E-state index in [1.54, 1.807) is 29.3 Å². The number of rotatable bonds is 5. The number of carbonyl (C=O) groups is 1. The van der Waals surface area contributed by atoms with Gasteiger partial charge in [-0.1, -0.05) is 29.8 Å². The summed E-state index contributed by atoms with van der Waals surface area (Å²) in [6, 6.07) is 9.97. The summed E-state index contributed by atoms with van der Waals surface area (Å²) in [5.41, 5.74) is 1.29. The second-order valence-electron chi connectivity index (χ2n) is 7.16. The van der Waals surface area contributed by atoms with E-state index >= 15 is 0 Å². The van der Waals surface area contributed by atoms with E-state index in [9.17, 15) is 14.4 Å². The zero-order valence-electron chi connectivity index (χ0n) is 16.6. The zero-order chi connectivity index (χ0) is 21.8. The number of thiophene rings is 1. The summed E-state index contributed by atoms with van der Waals surface area (Å²) in [6.07, 6.45) is 3.62. The van der Waals surface area contributed by atoms with Gasteiger partial charge < -0.3 is 4.90 Å². The van der Waals surface area contributed by atoms with Crippen LogP contribution in [0.3, 0.4) is 0 Å². The highest BCUT2D eigenvalue weighted by molar-refractivity contribution is 7.18. The van der Waals surface area contributed by atoms with Crippen molar-refractivity contribution in [3.63, 3.8) is 0 Å². The first-order valence-electron chi connectivity index (χ1n) is 9.91. The van der Waals surface area contributed by atoms with Crippen LogP contribution in [0.5, 0.6) is 0 Å². The summed E-state index contributed by atoms with van der Waals surface area (Å²) in [5.74, 6) is 0.0813. The maximum absolute atomic E-state index is 13.9. The predicted octanol–water partition coefficient (Wildman–Crippen LogP) is 3.22. The van der Waals surface area contributed by atoms with E-state index in [-0.39, 0.29) is 30.3 Å². The molecule has 1 fully saturated rings. The van der Waals surface area contributed by atoms with Gasteiger partial charge in [0.1, 0.15) is 11.5 Å². The monoisotopic (exact) mass is 458 g/mol. The number of aliphatic imine (C=N–C) groups is 1. The smallest absolute Gasteiger partial charge is 0.228 e. The molecule has 10 heteroatoms. The number of hydrogen-bond acceptors (Lipinski definition) is 5. The average Bonchev–Trinajstić information content (AvgIpc) is 3.48. The first-order chi connectivity index (χ1) is 15.1. The highest BCUT2D eigenvalue weighted by atomic mass is 35.5. The molecule has 0 bridgehead atoms. The molecule has 0 spiro atoms. The van der Waals surface area contributed by atoms with Crippen LogP contribution >= 0.6 is 22.9 Å². The molecule has 2 aromatic rings. The molecule has 1 aromatic heterocycles. The molecular weight excluding hydrogens is 439 g/mol. The number of nitriles is 1. The van der Waals surface area contributed by atoms with Gasteiger partial charge in [0.15, 0.2) is 6.19 Å². The van der Waals surface area contributed by atoms with Gasteiger partial charge >= 0.3 is 0 Å². The number of hydrogen-bond donors (Lipinski definition) is 1. The number of benzene rings is 1. The minimum Gasteiger partial charge on any atom is -0.332 e. The molecule has 4 rings (SSSR count). The molecular formula is C21H20ClFN6OS. The fourth-order valence-corrected chi connectivity index (χ4v) is 4.83. The van der Waals surface area contributed by atoms with Crippen LogP contribution in [0.2, 0.25) is 4.34 Å². The third-order valence-electron chi connectivity index (χ3n) is 5.21. The van der Waals surface area contributed by atoms with Gasteiger partial charge in [-0.25, -0.2) is 9.40 Å². The number of amides is 1. The van der Waals surface area contributed by atoms with Crippen molar-refractivity contribution in [2.24, 2.45) is 10.1 Å². The summed E-state index contributed by atoms with van der Waals surface area (Å²) in [4.78, 5) is 19.6. The number of likely N-dealkylation sites (tertiary alicyclic amines) is 1. The maximum atomic E-state index is 13.9. The van der Waals surface area contributed by atoms with E-state index in [4.69, 9.17) is 11.6 Å². The third kappa shape index (κ3) is 4.70. The highest BCUT2D eigenvalue weighted by Gasteiger charge is 2.39. The van der Waals surface area contributed by atoms with Crippen LogP contribution in [0.4, 0.5) is 4.39 Å². The van der Waals surface area contributed by atoms with E-state index in [1.807, 2.05) is 17.2 Å². The molecule has 1 unspecified atom stereocenters. The van der Waals surface area contributed by atoms with Crippen molar-refractivity contribution in [1.29, 1.82) is 5.26 Å². The molecule has 160 valence electrons. The van der Waals surface area contributed by atoms with Gasteiger partial charge in [-0.2, -0.15) is 10.4 Å². The Bertz CT molecular complexity index is 1080. The molecule has 31 heavy (non-hydrogen) atoms. The molecule has 0 radical (unpaired) electrons. The van der Waals surface area contributed by atoms with Crippen molar-refractivity contribution >= 4 is 40.5 Å². The van der Waals surface area contributed by atoms with E-state index < -0.39 is 0 Å². The Kier molecular flexibility index (Phi) is 6.49. The zero-order valence-corrected chi connectivity index (χ0v) is 18.2. The van der Waals surface area contributed by atoms with E-state index in [2.05, 4.69) is 15.4 Å². The van der Waals surface area contributed by atoms with Gasteiger partial charge in [0.25, 0.3) is 0 Å². The number of guanidine groups is 1. The van der Waals surface area contributed by atoms with Crippen molar-refractivity contribution in [1.82, 2.24) is 15.2 Å². The molecule has 1 aromatic carbocycles. The lowest BCUT2D eigenvalue weighted by Crippen LogP contribution is -2.45. The van der Waals surface area contributed by atoms with Crippen molar-refractivity contribution in [3.05, 3.63) is 57.0 Å². The Morgan fingerprint density at radius 3 is 2.90 bits per heavy atom. The van der Waals surface area contributed by atoms with Gasteiger partial charge in [-0.15, -0.1) is 11.3 Å². The number of carbonyl (C=O) groups excluding carboxylic acids is 1. The number of nitrogens with zero attached hydrogens (tertiary/aromatic N) is 5. The standard InChI is InChI=1S/C21H20ClFN6OS/c22-18-8-7-17(31-18)20-16(28-11-3-6-19(28)30)12-29(27-20)21(26-13-24)25-10-9-14-4-1-2-5-15(14)23/h1-2,4-5,7-8,16H,3,6,9-12H2,(H,25,26). The van der Waals surface area contributed by atoms with Crippen LogP contribution in [0.25, 0.3) is 0 Å². The lowest BCUT2D eigenvalue weighted by atomic mass is 10.1. The molecule has 1 N–H and O–H groups in total. The van der Waals surface area contributed by atoms with E-state index in [0.717, 1.165) is 17.0 Å². The first-order valence-corrected chi connectivity index (χ1v) is 11.1. The topological polar surface area (TPSA) is 84.1 Å². The number of hydrazone groups is 1. The Morgan fingerprint density at radius 1 is 1.39 bits per heavy atom. The Labute approximate surface area is 188 Å². The molecule has 0 saturated carbocycles. The summed E-state index contributed by atoms with van der Waals surface area (Å²) in [6.45, 7) is 1.33. The van der Waals surface area contributed by atoms with Crippen molar-refractivity contribution in [2.75, 3.05) is 19.6 Å². The first kappa shape index (κ1) is 21.3. The molecule has 2 aliphatic rings. The maximum Gasteiger partial charge on any atom is 0.228 e. The van der Waals surface area contributed by atoms with Crippen LogP contribution in [0.1, 0.15) is 23.3 Å². The molecule has 1 atom stereocenters. The van der Waals surface area contributed by atoms with E-state index in [1.165, 1.54) is 17.4 Å². The fraction of sp³-hybridized carbons (Fsp3) is 0.333. The highest BCUT2D eigenvalue weighted by Crippen LogP contribution is 2.29. The van der Waals surface area contributed by atoms with Crippen LogP contribution in [-0.4, -0.2) is 53.2 Å². The lowest BCUT2D eigenvalue weighted by molar-refractivity contribution is -0.128. The summed E-state index contributed by atoms with van der Waals surface area (Å²) < 4.78 is 14.5. The van der Waals surface area contributed by atoms with Gasteiger partial charge in [-0.3, -0.25) is 15.1 Å². The second kappa shape index (κ2) is 9.45. The summed E-state index contributed by atoms with van der Waals surface area (Å²) in [5, 5.41) is 18.1. The average molecular weight is 459 g/mol. The molecule has 7 nitrogen and oxygen atoms in total. The Morgan fingerprint density at radius 2 is 2.23 bits per heavy atom. The van der Waals surface area contributed by atoms with Gasteiger partial charge in [0.05, 0.1) is 21.8 Å². The molecule has 1 saturated heterocycles. The van der Waals surface area contributed by atoms with Crippen molar-refractivity contribution in [3.8, 4) is 6.19 Å². The van der Waals surface area contributed by atoms with E-state index in [0.29, 0.717) is 35.8 Å². The minimum atomic E-state index is -0.281. The second-order valence-corrected chi connectivity index (χ2v) is 8.88. The van der Waals surface area contributed by atoms with Crippen LogP contribution in [0.15, 0.2) is 46.5 Å². The summed E-state index contributed by atoms with van der Waals surface area (Å²) in [7, 11) is 0. The van der Waals surface area contributed by atoms with Crippen LogP contribution < -0.4 is 5.32 Å². The van der Waals surface area contributed by atoms with Gasteiger partial charge in [-0.05, 0) is 36.6 Å². The molecule has 2 aliphatic heterocycles. The molecule has 3 heterocycles. The van der Waals surface area contributed by atoms with Crippen molar-refractivity contribution in [2.45, 2.75) is 25.3 Å². The van der Waals surface area contributed by atoms with Gasteiger partial charge in [0, 0.05) is 19.5 Å². The quantitative estimate of drug-likeness (QED) is 0.323. The third-order valence-corrected chi connectivity index (χ3v) is 6.47. The normalized spacial score (nSPS) is 19.0. The Balaban J connectivity index is 1.57. The Hall–Kier alpha value is -2.96. The van der Waals surface area contributed by atoms with Crippen LogP contribution in [0, 0.1) is 17.3 Å². The van der Waals surface area contributed by atoms with Crippen LogP contribution in [-0.2, 0) is 11.2 Å². The lowest BCUT2D eigenvalue weighted by Gasteiger charge is -2.25. The molecule has 0 aliphatic carbocycles. The van der Waals surface area contributed by atoms with Gasteiger partial charge in [0.2, 0.25) is 11.9 Å². The molecule has 1 amide bonds. The summed E-state index contributed by atoms with van der Waals surface area (Å²) >= 11 is 7.52. The number of nitrogens with one attached hydrogen (secondary N) is 1.